The smallest absolute Gasteiger partial charge is 0.161 e. The van der Waals surface area contributed by atoms with Gasteiger partial charge in [-0.3, -0.25) is 4.98 Å². The third-order valence-electron chi connectivity index (χ3n) is 5.08. The maximum Gasteiger partial charge on any atom is 0.161 e. The molecule has 3 aromatic rings. The van der Waals surface area contributed by atoms with Crippen LogP contribution >= 0.6 is 0 Å². The molecular weight excluding hydrogens is 352 g/mol. The standard InChI is InChI=1S/C23H24N2O3/c1-27-21-9-8-16(11-22(21)28-15-17-5-4-10-24-13-17)14-25-23-19-7-3-2-6-18(19)12-20(23)26/h2-11,13,20,23,25-26H,12,14-15H2,1H3/t20-,23+/m0/s1. The largest absolute Gasteiger partial charge is 0.493 e. The number of nitrogens with zero attached hydrogens (tertiary/aromatic N) is 1. The molecule has 0 aliphatic heterocycles. The Balaban J connectivity index is 1.45. The molecule has 2 aromatic carbocycles. The highest BCUT2D eigenvalue weighted by Crippen LogP contribution is 2.32. The Labute approximate surface area is 165 Å². The molecule has 1 aromatic heterocycles. The minimum atomic E-state index is -0.406. The van der Waals surface area contributed by atoms with Gasteiger partial charge >= 0.3 is 0 Å². The van der Waals surface area contributed by atoms with Crippen LogP contribution in [-0.4, -0.2) is 23.3 Å². The van der Waals surface area contributed by atoms with Crippen LogP contribution in [-0.2, 0) is 19.6 Å². The molecule has 0 spiro atoms. The first-order valence-electron chi connectivity index (χ1n) is 9.42. The van der Waals surface area contributed by atoms with E-state index in [0.29, 0.717) is 31.1 Å². The lowest BCUT2D eigenvalue weighted by molar-refractivity contribution is 0.140. The average molecular weight is 376 g/mol. The summed E-state index contributed by atoms with van der Waals surface area (Å²) >= 11 is 0. The summed E-state index contributed by atoms with van der Waals surface area (Å²) in [5.74, 6) is 1.39. The summed E-state index contributed by atoms with van der Waals surface area (Å²) in [7, 11) is 1.63. The van der Waals surface area contributed by atoms with E-state index in [1.807, 2.05) is 42.5 Å². The molecule has 0 saturated heterocycles. The molecule has 0 unspecified atom stereocenters. The highest BCUT2D eigenvalue weighted by atomic mass is 16.5. The van der Waals surface area contributed by atoms with Crippen LogP contribution in [0.3, 0.4) is 0 Å². The summed E-state index contributed by atoms with van der Waals surface area (Å²) in [6.45, 7) is 1.05. The van der Waals surface area contributed by atoms with E-state index in [2.05, 4.69) is 22.4 Å². The summed E-state index contributed by atoms with van der Waals surface area (Å²) in [6.07, 6.45) is 3.82. The van der Waals surface area contributed by atoms with Gasteiger partial charge < -0.3 is 19.9 Å². The number of methoxy groups -OCH3 is 1. The Hall–Kier alpha value is -2.89. The van der Waals surface area contributed by atoms with Gasteiger partial charge in [0.25, 0.3) is 0 Å². The molecule has 1 aliphatic rings. The third kappa shape index (κ3) is 4.01. The number of nitrogens with one attached hydrogen (secondary N) is 1. The van der Waals surface area contributed by atoms with Crippen molar-refractivity contribution in [1.29, 1.82) is 0 Å². The molecule has 0 bridgehead atoms. The van der Waals surface area contributed by atoms with Crippen LogP contribution in [0.4, 0.5) is 0 Å². The number of fused-ring (bicyclic) bond motifs is 1. The Kier molecular flexibility index (Phi) is 5.55. The highest BCUT2D eigenvalue weighted by Gasteiger charge is 2.30. The van der Waals surface area contributed by atoms with Crippen LogP contribution in [0.25, 0.3) is 0 Å². The van der Waals surface area contributed by atoms with Gasteiger partial charge in [0.15, 0.2) is 11.5 Å². The van der Waals surface area contributed by atoms with E-state index in [0.717, 1.165) is 11.1 Å². The summed E-state index contributed by atoms with van der Waals surface area (Å²) in [5.41, 5.74) is 4.46. The lowest BCUT2D eigenvalue weighted by Crippen LogP contribution is -2.28. The van der Waals surface area contributed by atoms with Gasteiger partial charge in [-0.05, 0) is 34.9 Å². The van der Waals surface area contributed by atoms with Crippen molar-refractivity contribution in [1.82, 2.24) is 10.3 Å². The van der Waals surface area contributed by atoms with Crippen LogP contribution in [0.15, 0.2) is 67.0 Å². The van der Waals surface area contributed by atoms with Crippen LogP contribution in [0.1, 0.15) is 28.3 Å². The molecule has 2 atom stereocenters. The lowest BCUT2D eigenvalue weighted by Gasteiger charge is -2.19. The fraction of sp³-hybridized carbons (Fsp3) is 0.261. The maximum atomic E-state index is 10.4. The molecule has 4 rings (SSSR count). The minimum Gasteiger partial charge on any atom is -0.493 e. The first-order chi connectivity index (χ1) is 13.7. The van der Waals surface area contributed by atoms with E-state index in [-0.39, 0.29) is 6.04 Å². The first-order valence-corrected chi connectivity index (χ1v) is 9.42. The maximum absolute atomic E-state index is 10.4. The summed E-state index contributed by atoms with van der Waals surface area (Å²) in [6, 6.07) is 17.9. The SMILES string of the molecule is COc1ccc(CN[C@@H]2c3ccccc3C[C@@H]2O)cc1OCc1cccnc1. The van der Waals surface area contributed by atoms with E-state index in [1.54, 1.807) is 19.5 Å². The monoisotopic (exact) mass is 376 g/mol. The van der Waals surface area contributed by atoms with Crippen molar-refractivity contribution in [3.8, 4) is 11.5 Å². The van der Waals surface area contributed by atoms with E-state index >= 15 is 0 Å². The quantitative estimate of drug-likeness (QED) is 0.662. The zero-order valence-corrected chi connectivity index (χ0v) is 15.8. The van der Waals surface area contributed by atoms with Gasteiger partial charge in [0.1, 0.15) is 6.61 Å². The molecule has 5 nitrogen and oxygen atoms in total. The molecule has 1 aliphatic carbocycles. The predicted molar refractivity (Wildman–Crippen MR) is 107 cm³/mol. The number of aliphatic hydroxyl groups excluding tert-OH is 1. The lowest BCUT2D eigenvalue weighted by atomic mass is 10.1. The number of benzene rings is 2. The molecule has 1 heterocycles. The summed E-state index contributed by atoms with van der Waals surface area (Å²) in [5, 5.41) is 13.9. The Bertz CT molecular complexity index is 930. The molecule has 0 amide bonds. The second kappa shape index (κ2) is 8.42. The number of aliphatic hydroxyl groups is 1. The zero-order valence-electron chi connectivity index (χ0n) is 15.8. The predicted octanol–water partition coefficient (Wildman–Crippen LogP) is 3.42. The number of hydrogen-bond acceptors (Lipinski definition) is 5. The van der Waals surface area contributed by atoms with Gasteiger partial charge in [-0.1, -0.05) is 36.4 Å². The topological polar surface area (TPSA) is 63.6 Å². The average Bonchev–Trinajstić information content (AvgIpc) is 3.06. The van der Waals surface area contributed by atoms with E-state index in [1.165, 1.54) is 11.1 Å². The molecular formula is C23H24N2O3. The Morgan fingerprint density at radius 1 is 1.07 bits per heavy atom. The van der Waals surface area contributed by atoms with E-state index < -0.39 is 6.10 Å². The van der Waals surface area contributed by atoms with Crippen molar-refractivity contribution < 1.29 is 14.6 Å². The summed E-state index contributed by atoms with van der Waals surface area (Å²) in [4.78, 5) is 4.11. The molecule has 5 heteroatoms. The van der Waals surface area contributed by atoms with Crippen LogP contribution in [0.5, 0.6) is 11.5 Å². The highest BCUT2D eigenvalue weighted by molar-refractivity contribution is 5.43. The molecule has 144 valence electrons. The second-order valence-corrected chi connectivity index (χ2v) is 6.96. The van der Waals surface area contributed by atoms with Crippen molar-refractivity contribution >= 4 is 0 Å². The number of rotatable bonds is 7. The fourth-order valence-corrected chi connectivity index (χ4v) is 3.64. The van der Waals surface area contributed by atoms with Gasteiger partial charge in [0, 0.05) is 30.9 Å². The van der Waals surface area contributed by atoms with Crippen molar-refractivity contribution in [2.24, 2.45) is 0 Å². The van der Waals surface area contributed by atoms with Gasteiger partial charge in [0.05, 0.1) is 19.3 Å². The van der Waals surface area contributed by atoms with Crippen molar-refractivity contribution in [2.75, 3.05) is 7.11 Å². The van der Waals surface area contributed by atoms with Crippen molar-refractivity contribution in [2.45, 2.75) is 31.7 Å². The van der Waals surface area contributed by atoms with E-state index in [4.69, 9.17) is 9.47 Å². The van der Waals surface area contributed by atoms with E-state index in [9.17, 15) is 5.11 Å². The molecule has 28 heavy (non-hydrogen) atoms. The van der Waals surface area contributed by atoms with Crippen LogP contribution in [0.2, 0.25) is 0 Å². The van der Waals surface area contributed by atoms with Gasteiger partial charge in [-0.2, -0.15) is 0 Å². The van der Waals surface area contributed by atoms with Crippen molar-refractivity contribution in [3.63, 3.8) is 0 Å². The second-order valence-electron chi connectivity index (χ2n) is 6.96. The Morgan fingerprint density at radius 3 is 2.79 bits per heavy atom. The molecule has 0 fully saturated rings. The molecule has 2 N–H and O–H groups in total. The normalized spacial score (nSPS) is 17.9. The van der Waals surface area contributed by atoms with Crippen LogP contribution in [0, 0.1) is 0 Å². The van der Waals surface area contributed by atoms with Crippen molar-refractivity contribution in [3.05, 3.63) is 89.2 Å². The zero-order chi connectivity index (χ0) is 19.3. The minimum absolute atomic E-state index is 0.0573. The summed E-state index contributed by atoms with van der Waals surface area (Å²) < 4.78 is 11.4. The first kappa shape index (κ1) is 18.5. The molecule has 0 saturated carbocycles. The number of aromatic nitrogens is 1. The number of hydrogen-bond donors (Lipinski definition) is 2. The van der Waals surface area contributed by atoms with Gasteiger partial charge in [-0.25, -0.2) is 0 Å². The third-order valence-corrected chi connectivity index (χ3v) is 5.08. The Morgan fingerprint density at radius 2 is 1.96 bits per heavy atom. The molecule has 0 radical (unpaired) electrons. The fourth-order valence-electron chi connectivity index (χ4n) is 3.64. The van der Waals surface area contributed by atoms with Gasteiger partial charge in [-0.15, -0.1) is 0 Å². The van der Waals surface area contributed by atoms with Crippen LogP contribution < -0.4 is 14.8 Å². The number of pyridine rings is 1. The van der Waals surface area contributed by atoms with Gasteiger partial charge in [0.2, 0.25) is 0 Å². The number of ether oxygens (including phenoxy) is 2.